The Labute approximate surface area is 140 Å². The van der Waals surface area contributed by atoms with E-state index in [0.29, 0.717) is 17.3 Å². The summed E-state index contributed by atoms with van der Waals surface area (Å²) in [6.45, 7) is 0.118. The maximum atomic E-state index is 10.9. The fourth-order valence-electron chi connectivity index (χ4n) is 2.56. The van der Waals surface area contributed by atoms with Gasteiger partial charge in [0.1, 0.15) is 0 Å². The summed E-state index contributed by atoms with van der Waals surface area (Å²) < 4.78 is 6.77. The molecule has 0 fully saturated rings. The van der Waals surface area contributed by atoms with Crippen molar-refractivity contribution >= 4 is 33.6 Å². The van der Waals surface area contributed by atoms with Gasteiger partial charge in [0.05, 0.1) is 17.8 Å². The number of rotatable bonds is 3. The average Bonchev–Trinajstić information content (AvgIpc) is 2.91. The Hall–Kier alpha value is -1.79. The number of nitrogens with zero attached hydrogens (tertiary/aromatic N) is 1. The van der Waals surface area contributed by atoms with E-state index in [9.17, 15) is 4.79 Å². The Morgan fingerprint density at radius 3 is 2.86 bits per heavy atom. The molecular formula is C15H12BrClN2O3. The molecule has 2 heterocycles. The van der Waals surface area contributed by atoms with Gasteiger partial charge in [0.15, 0.2) is 5.60 Å². The monoisotopic (exact) mass is 382 g/mol. The van der Waals surface area contributed by atoms with Gasteiger partial charge in [0.2, 0.25) is 5.88 Å². The number of aromatic nitrogens is 1. The SMILES string of the molecule is O=C(O)NCC1(c2ccccc2)Cc2c(ncc(Cl)c2Br)O1. The molecule has 0 saturated heterocycles. The number of nitrogens with one attached hydrogen (secondary N) is 1. The van der Waals surface area contributed by atoms with Gasteiger partial charge in [0.25, 0.3) is 0 Å². The molecule has 114 valence electrons. The third-order valence-corrected chi connectivity index (χ3v) is 5.03. The standard InChI is InChI=1S/C15H12BrClN2O3/c16-12-10-6-15(8-19-14(20)21,9-4-2-1-3-5-9)22-13(10)18-7-11(12)17/h1-5,7,19H,6,8H2,(H,20,21). The Bertz CT molecular complexity index is 726. The molecule has 1 aliphatic heterocycles. The highest BCUT2D eigenvalue weighted by Crippen LogP contribution is 2.44. The Kier molecular flexibility index (Phi) is 3.97. The number of carbonyl (C=O) groups is 1. The third-order valence-electron chi connectivity index (χ3n) is 3.61. The second-order valence-corrected chi connectivity index (χ2v) is 6.20. The summed E-state index contributed by atoms with van der Waals surface area (Å²) in [5, 5.41) is 11.8. The molecule has 1 aromatic carbocycles. The van der Waals surface area contributed by atoms with Crippen molar-refractivity contribution in [1.82, 2.24) is 10.3 Å². The van der Waals surface area contributed by atoms with Crippen LogP contribution in [0.5, 0.6) is 5.88 Å². The molecule has 2 aromatic rings. The van der Waals surface area contributed by atoms with E-state index in [1.54, 1.807) is 0 Å². The molecule has 0 spiro atoms. The molecule has 5 nitrogen and oxygen atoms in total. The van der Waals surface area contributed by atoms with Crippen LogP contribution in [0.25, 0.3) is 0 Å². The maximum absolute atomic E-state index is 10.9. The molecule has 2 N–H and O–H groups in total. The van der Waals surface area contributed by atoms with E-state index in [4.69, 9.17) is 21.4 Å². The fraction of sp³-hybridized carbons (Fsp3) is 0.200. The zero-order valence-electron chi connectivity index (χ0n) is 11.3. The smallest absolute Gasteiger partial charge is 0.404 e. The molecule has 1 amide bonds. The van der Waals surface area contributed by atoms with Gasteiger partial charge in [-0.25, -0.2) is 9.78 Å². The zero-order valence-corrected chi connectivity index (χ0v) is 13.7. The summed E-state index contributed by atoms with van der Waals surface area (Å²) in [7, 11) is 0. The van der Waals surface area contributed by atoms with Crippen molar-refractivity contribution in [3.05, 3.63) is 57.2 Å². The highest BCUT2D eigenvalue weighted by molar-refractivity contribution is 9.10. The summed E-state index contributed by atoms with van der Waals surface area (Å²) >= 11 is 9.53. The summed E-state index contributed by atoms with van der Waals surface area (Å²) in [4.78, 5) is 15.1. The van der Waals surface area contributed by atoms with E-state index in [1.165, 1.54) is 6.20 Å². The van der Waals surface area contributed by atoms with Crippen LogP contribution in [-0.2, 0) is 12.0 Å². The first-order chi connectivity index (χ1) is 10.5. The van der Waals surface area contributed by atoms with Crippen molar-refractivity contribution in [3.8, 4) is 5.88 Å². The minimum Gasteiger partial charge on any atom is -0.465 e. The molecule has 0 radical (unpaired) electrons. The fourth-order valence-corrected chi connectivity index (χ4v) is 3.13. The minimum absolute atomic E-state index is 0.118. The number of hydrogen-bond acceptors (Lipinski definition) is 3. The molecule has 22 heavy (non-hydrogen) atoms. The number of fused-ring (bicyclic) bond motifs is 1. The second-order valence-electron chi connectivity index (χ2n) is 5.00. The third kappa shape index (κ3) is 2.64. The van der Waals surface area contributed by atoms with E-state index in [0.717, 1.165) is 15.6 Å². The first-order valence-corrected chi connectivity index (χ1v) is 7.73. The summed E-state index contributed by atoms with van der Waals surface area (Å²) in [6.07, 6.45) is 0.886. The normalized spacial score (nSPS) is 19.4. The van der Waals surface area contributed by atoms with Crippen molar-refractivity contribution < 1.29 is 14.6 Å². The van der Waals surface area contributed by atoms with Crippen molar-refractivity contribution in [2.24, 2.45) is 0 Å². The van der Waals surface area contributed by atoms with E-state index < -0.39 is 11.7 Å². The average molecular weight is 384 g/mol. The van der Waals surface area contributed by atoms with Gasteiger partial charge < -0.3 is 15.2 Å². The lowest BCUT2D eigenvalue weighted by molar-refractivity contribution is 0.0855. The quantitative estimate of drug-likeness (QED) is 0.849. The number of benzene rings is 1. The van der Waals surface area contributed by atoms with Crippen LogP contribution < -0.4 is 10.1 Å². The van der Waals surface area contributed by atoms with Crippen LogP contribution in [-0.4, -0.2) is 22.7 Å². The Balaban J connectivity index is 2.03. The van der Waals surface area contributed by atoms with Crippen molar-refractivity contribution in [3.63, 3.8) is 0 Å². The van der Waals surface area contributed by atoms with E-state index in [2.05, 4.69) is 26.2 Å². The highest BCUT2D eigenvalue weighted by atomic mass is 79.9. The van der Waals surface area contributed by atoms with Crippen LogP contribution in [0.3, 0.4) is 0 Å². The van der Waals surface area contributed by atoms with Gasteiger partial charge in [-0.3, -0.25) is 0 Å². The Morgan fingerprint density at radius 1 is 1.45 bits per heavy atom. The first-order valence-electron chi connectivity index (χ1n) is 6.56. The summed E-state index contributed by atoms with van der Waals surface area (Å²) in [5.74, 6) is 0.465. The number of pyridine rings is 1. The molecule has 1 unspecified atom stereocenters. The number of amides is 1. The lowest BCUT2D eigenvalue weighted by Crippen LogP contribution is -2.43. The molecule has 1 aliphatic rings. The lowest BCUT2D eigenvalue weighted by atomic mass is 9.89. The van der Waals surface area contributed by atoms with Crippen LogP contribution in [0.1, 0.15) is 11.1 Å². The first kappa shape index (κ1) is 15.1. The van der Waals surface area contributed by atoms with E-state index in [-0.39, 0.29) is 6.54 Å². The van der Waals surface area contributed by atoms with Crippen LogP contribution in [0.4, 0.5) is 4.79 Å². The molecule has 0 aliphatic carbocycles. The Morgan fingerprint density at radius 2 is 2.18 bits per heavy atom. The minimum atomic E-state index is -1.10. The van der Waals surface area contributed by atoms with Gasteiger partial charge >= 0.3 is 6.09 Å². The molecule has 1 aromatic heterocycles. The van der Waals surface area contributed by atoms with Crippen LogP contribution in [0.15, 0.2) is 41.0 Å². The summed E-state index contributed by atoms with van der Waals surface area (Å²) in [5.41, 5.74) is 0.885. The zero-order chi connectivity index (χ0) is 15.7. The number of carboxylic acid groups (broad SMARTS) is 1. The molecular weight excluding hydrogens is 372 g/mol. The van der Waals surface area contributed by atoms with E-state index in [1.807, 2.05) is 30.3 Å². The second kappa shape index (κ2) is 5.78. The van der Waals surface area contributed by atoms with Gasteiger partial charge in [0, 0.05) is 16.5 Å². The predicted molar refractivity (Wildman–Crippen MR) is 85.4 cm³/mol. The topological polar surface area (TPSA) is 71.5 Å². The maximum Gasteiger partial charge on any atom is 0.404 e. The predicted octanol–water partition coefficient (Wildman–Crippen LogP) is 3.60. The van der Waals surface area contributed by atoms with Crippen molar-refractivity contribution in [2.75, 3.05) is 6.54 Å². The number of ether oxygens (including phenoxy) is 1. The van der Waals surface area contributed by atoms with Crippen molar-refractivity contribution in [2.45, 2.75) is 12.0 Å². The molecule has 0 bridgehead atoms. The summed E-state index contributed by atoms with van der Waals surface area (Å²) in [6, 6.07) is 9.49. The molecule has 1 atom stereocenters. The number of hydrogen-bond donors (Lipinski definition) is 2. The molecule has 0 saturated carbocycles. The van der Waals surface area contributed by atoms with Crippen LogP contribution >= 0.6 is 27.5 Å². The van der Waals surface area contributed by atoms with Gasteiger partial charge in [-0.2, -0.15) is 0 Å². The van der Waals surface area contributed by atoms with Gasteiger partial charge in [-0.1, -0.05) is 41.9 Å². The van der Waals surface area contributed by atoms with Crippen LogP contribution in [0, 0.1) is 0 Å². The number of halogens is 2. The lowest BCUT2D eigenvalue weighted by Gasteiger charge is -2.28. The van der Waals surface area contributed by atoms with Gasteiger partial charge in [-0.15, -0.1) is 0 Å². The van der Waals surface area contributed by atoms with E-state index >= 15 is 0 Å². The highest BCUT2D eigenvalue weighted by Gasteiger charge is 2.43. The van der Waals surface area contributed by atoms with Crippen LogP contribution in [0.2, 0.25) is 5.02 Å². The van der Waals surface area contributed by atoms with Crippen molar-refractivity contribution in [1.29, 1.82) is 0 Å². The molecule has 7 heteroatoms. The van der Waals surface area contributed by atoms with Gasteiger partial charge in [-0.05, 0) is 21.5 Å². The largest absolute Gasteiger partial charge is 0.465 e. The molecule has 3 rings (SSSR count).